The lowest BCUT2D eigenvalue weighted by molar-refractivity contribution is -0.141. The number of H-pyrrole nitrogens is 1. The molecule has 0 saturated heterocycles. The Balaban J connectivity index is 2.40. The predicted octanol–water partition coefficient (Wildman–Crippen LogP) is 4.39. The summed E-state index contributed by atoms with van der Waals surface area (Å²) < 4.78 is 37.5. The maximum absolute atomic E-state index is 12.5. The number of hydrogen-bond acceptors (Lipinski definition) is 1. The highest BCUT2D eigenvalue weighted by Gasteiger charge is 2.33. The Labute approximate surface area is 109 Å². The minimum Gasteiger partial charge on any atom is -0.273 e. The fourth-order valence-corrected chi connectivity index (χ4v) is 1.76. The molecule has 0 aliphatic heterocycles. The zero-order valence-corrected chi connectivity index (χ0v) is 11.0. The van der Waals surface area contributed by atoms with Crippen LogP contribution in [0.4, 0.5) is 13.2 Å². The molecule has 0 unspecified atom stereocenters. The van der Waals surface area contributed by atoms with E-state index in [1.165, 1.54) is 0 Å². The van der Waals surface area contributed by atoms with Crippen molar-refractivity contribution in [1.82, 2.24) is 10.2 Å². The Hall–Kier alpha value is -1.78. The van der Waals surface area contributed by atoms with Gasteiger partial charge in [0.1, 0.15) is 5.69 Å². The average molecular weight is 268 g/mol. The third kappa shape index (κ3) is 2.97. The Morgan fingerprint density at radius 3 is 2.26 bits per heavy atom. The van der Waals surface area contributed by atoms with Crippen LogP contribution in [0.15, 0.2) is 30.3 Å². The lowest BCUT2D eigenvalue weighted by Crippen LogP contribution is -2.10. The normalized spacial score (nSPS) is 12.7. The summed E-state index contributed by atoms with van der Waals surface area (Å²) in [4.78, 5) is 0. The molecule has 5 heteroatoms. The number of halogens is 3. The van der Waals surface area contributed by atoms with Crippen LogP contribution in [0.1, 0.15) is 32.0 Å². The van der Waals surface area contributed by atoms with Crippen molar-refractivity contribution in [3.8, 4) is 11.3 Å². The van der Waals surface area contributed by atoms with Gasteiger partial charge in [-0.25, -0.2) is 0 Å². The van der Waals surface area contributed by atoms with Crippen molar-refractivity contribution >= 4 is 0 Å². The molecule has 0 radical (unpaired) electrons. The van der Waals surface area contributed by atoms with Crippen LogP contribution in [0, 0.1) is 0 Å². The van der Waals surface area contributed by atoms with Crippen molar-refractivity contribution in [2.24, 2.45) is 0 Å². The van der Waals surface area contributed by atoms with Crippen LogP contribution >= 0.6 is 0 Å². The Kier molecular flexibility index (Phi) is 3.16. The SMILES string of the molecule is CC(C)(C)c1cccc(-c2cc(C(F)(F)F)[nH]n2)c1. The molecule has 1 aromatic carbocycles. The van der Waals surface area contributed by atoms with E-state index in [4.69, 9.17) is 0 Å². The van der Waals surface area contributed by atoms with Gasteiger partial charge in [-0.1, -0.05) is 39.0 Å². The fourth-order valence-electron chi connectivity index (χ4n) is 1.76. The zero-order valence-electron chi connectivity index (χ0n) is 11.0. The van der Waals surface area contributed by atoms with Gasteiger partial charge >= 0.3 is 6.18 Å². The van der Waals surface area contributed by atoms with Crippen molar-refractivity contribution in [2.75, 3.05) is 0 Å². The van der Waals surface area contributed by atoms with Gasteiger partial charge in [-0.05, 0) is 23.1 Å². The molecule has 0 aliphatic carbocycles. The largest absolute Gasteiger partial charge is 0.432 e. The van der Waals surface area contributed by atoms with Gasteiger partial charge in [-0.15, -0.1) is 0 Å². The topological polar surface area (TPSA) is 28.7 Å². The molecule has 0 saturated carbocycles. The maximum Gasteiger partial charge on any atom is 0.432 e. The fraction of sp³-hybridized carbons (Fsp3) is 0.357. The summed E-state index contributed by atoms with van der Waals surface area (Å²) in [5.74, 6) is 0. The lowest BCUT2D eigenvalue weighted by Gasteiger charge is -2.19. The van der Waals surface area contributed by atoms with Crippen LogP contribution in [0.3, 0.4) is 0 Å². The number of alkyl halides is 3. The summed E-state index contributed by atoms with van der Waals surface area (Å²) in [5, 5.41) is 5.76. The highest BCUT2D eigenvalue weighted by molar-refractivity contribution is 5.61. The van der Waals surface area contributed by atoms with Crippen molar-refractivity contribution < 1.29 is 13.2 Å². The van der Waals surface area contributed by atoms with E-state index in [1.807, 2.05) is 23.3 Å². The zero-order chi connectivity index (χ0) is 14.3. The van der Waals surface area contributed by atoms with Gasteiger partial charge in [-0.3, -0.25) is 5.10 Å². The first-order valence-corrected chi connectivity index (χ1v) is 5.91. The first kappa shape index (κ1) is 13.6. The molecule has 0 aliphatic rings. The summed E-state index contributed by atoms with van der Waals surface area (Å²) in [6.07, 6.45) is -4.40. The van der Waals surface area contributed by atoms with Crippen LogP contribution in [0.5, 0.6) is 0 Å². The Morgan fingerprint density at radius 1 is 1.05 bits per heavy atom. The highest BCUT2D eigenvalue weighted by atomic mass is 19.4. The monoisotopic (exact) mass is 268 g/mol. The summed E-state index contributed by atoms with van der Waals surface area (Å²) >= 11 is 0. The number of rotatable bonds is 1. The number of hydrogen-bond donors (Lipinski definition) is 1. The average Bonchev–Trinajstić information content (AvgIpc) is 2.77. The number of nitrogens with zero attached hydrogens (tertiary/aromatic N) is 1. The minimum atomic E-state index is -4.40. The second-order valence-electron chi connectivity index (χ2n) is 5.50. The third-order valence-electron chi connectivity index (χ3n) is 2.91. The molecule has 2 nitrogen and oxygen atoms in total. The van der Waals surface area contributed by atoms with Crippen LogP contribution in [-0.2, 0) is 11.6 Å². The molecular weight excluding hydrogens is 253 g/mol. The molecule has 1 aromatic heterocycles. The molecule has 2 rings (SSSR count). The Bertz CT molecular complexity index is 577. The van der Waals surface area contributed by atoms with Crippen molar-refractivity contribution in [3.05, 3.63) is 41.6 Å². The quantitative estimate of drug-likeness (QED) is 0.816. The standard InChI is InChI=1S/C14H15F3N2/c1-13(2,3)10-6-4-5-9(7-10)11-8-12(19-18-11)14(15,16)17/h4-8H,1-3H3,(H,18,19). The van der Waals surface area contributed by atoms with Gasteiger partial charge in [0.15, 0.2) is 0 Å². The number of aromatic nitrogens is 2. The van der Waals surface area contributed by atoms with Gasteiger partial charge in [-0.2, -0.15) is 18.3 Å². The highest BCUT2D eigenvalue weighted by Crippen LogP contribution is 2.31. The van der Waals surface area contributed by atoms with E-state index >= 15 is 0 Å². The summed E-state index contributed by atoms with van der Waals surface area (Å²) in [6, 6.07) is 8.45. The van der Waals surface area contributed by atoms with E-state index < -0.39 is 11.9 Å². The van der Waals surface area contributed by atoms with Crippen LogP contribution in [0.2, 0.25) is 0 Å². The summed E-state index contributed by atoms with van der Waals surface area (Å²) in [5.41, 5.74) is 1.15. The molecule has 1 heterocycles. The first-order valence-electron chi connectivity index (χ1n) is 5.91. The number of benzene rings is 1. The maximum atomic E-state index is 12.5. The second-order valence-corrected chi connectivity index (χ2v) is 5.50. The molecule has 0 spiro atoms. The summed E-state index contributed by atoms with van der Waals surface area (Å²) in [6.45, 7) is 6.16. The molecular formula is C14H15F3N2. The van der Waals surface area contributed by atoms with Crippen LogP contribution in [0.25, 0.3) is 11.3 Å². The van der Waals surface area contributed by atoms with E-state index in [2.05, 4.69) is 25.9 Å². The Morgan fingerprint density at radius 2 is 1.74 bits per heavy atom. The predicted molar refractivity (Wildman–Crippen MR) is 67.7 cm³/mol. The molecule has 0 bridgehead atoms. The van der Waals surface area contributed by atoms with Crippen LogP contribution in [-0.4, -0.2) is 10.2 Å². The van der Waals surface area contributed by atoms with Gasteiger partial charge in [0.2, 0.25) is 0 Å². The molecule has 2 aromatic rings. The third-order valence-corrected chi connectivity index (χ3v) is 2.91. The van der Waals surface area contributed by atoms with E-state index in [-0.39, 0.29) is 5.41 Å². The first-order chi connectivity index (χ1) is 8.68. The summed E-state index contributed by atoms with van der Waals surface area (Å²) in [7, 11) is 0. The van der Waals surface area contributed by atoms with Crippen molar-refractivity contribution in [3.63, 3.8) is 0 Å². The minimum absolute atomic E-state index is 0.0564. The van der Waals surface area contributed by atoms with Crippen molar-refractivity contribution in [2.45, 2.75) is 32.4 Å². The molecule has 0 amide bonds. The van der Waals surface area contributed by atoms with E-state index in [0.717, 1.165) is 11.6 Å². The molecule has 102 valence electrons. The van der Waals surface area contributed by atoms with E-state index in [9.17, 15) is 13.2 Å². The van der Waals surface area contributed by atoms with Gasteiger partial charge in [0.05, 0.1) is 5.69 Å². The van der Waals surface area contributed by atoms with E-state index in [0.29, 0.717) is 11.3 Å². The smallest absolute Gasteiger partial charge is 0.273 e. The molecule has 0 atom stereocenters. The van der Waals surface area contributed by atoms with Gasteiger partial charge < -0.3 is 0 Å². The number of nitrogens with one attached hydrogen (secondary N) is 1. The molecule has 0 fully saturated rings. The van der Waals surface area contributed by atoms with E-state index in [1.54, 1.807) is 6.07 Å². The van der Waals surface area contributed by atoms with Gasteiger partial charge in [0, 0.05) is 5.56 Å². The van der Waals surface area contributed by atoms with Crippen molar-refractivity contribution in [1.29, 1.82) is 0 Å². The van der Waals surface area contributed by atoms with Gasteiger partial charge in [0.25, 0.3) is 0 Å². The molecule has 19 heavy (non-hydrogen) atoms. The molecule has 1 N–H and O–H groups in total. The lowest BCUT2D eigenvalue weighted by atomic mass is 9.86. The van der Waals surface area contributed by atoms with Crippen LogP contribution < -0.4 is 0 Å². The second kappa shape index (κ2) is 4.40. The number of aromatic amines is 1.